The van der Waals surface area contributed by atoms with Gasteiger partial charge in [-0.2, -0.15) is 0 Å². The third-order valence-corrected chi connectivity index (χ3v) is 4.65. The summed E-state index contributed by atoms with van der Waals surface area (Å²) in [6.45, 7) is 2.37. The maximum atomic E-state index is 11.8. The molecule has 0 bridgehead atoms. The number of benzene rings is 1. The number of hydrogen-bond donors (Lipinski definition) is 0. The van der Waals surface area contributed by atoms with E-state index in [4.69, 9.17) is 4.84 Å². The molecule has 1 aromatic carbocycles. The highest BCUT2D eigenvalue weighted by molar-refractivity contribution is 9.10. The Labute approximate surface area is 125 Å². The summed E-state index contributed by atoms with van der Waals surface area (Å²) in [6, 6.07) is 3.34. The fourth-order valence-electron chi connectivity index (χ4n) is 1.81. The Morgan fingerprint density at radius 2 is 2.06 bits per heavy atom. The van der Waals surface area contributed by atoms with Crippen LogP contribution in [0.2, 0.25) is 0 Å². The number of oxime groups is 1. The molecule has 0 saturated heterocycles. The van der Waals surface area contributed by atoms with Crippen LogP contribution >= 0.6 is 32.9 Å². The Kier molecular flexibility index (Phi) is 4.97. The zero-order chi connectivity index (χ0) is 12.6. The number of nitrogens with zero attached hydrogens (tertiary/aromatic N) is 1. The minimum absolute atomic E-state index is 0. The summed E-state index contributed by atoms with van der Waals surface area (Å²) in [4.78, 5) is 5.26. The van der Waals surface area contributed by atoms with Gasteiger partial charge in [0.15, 0.2) is 9.84 Å². The predicted octanol–water partition coefficient (Wildman–Crippen LogP) is 2.86. The molecule has 18 heavy (non-hydrogen) atoms. The van der Waals surface area contributed by atoms with E-state index in [0.717, 1.165) is 10.0 Å². The second-order valence-electron chi connectivity index (χ2n) is 3.94. The molecule has 0 fully saturated rings. The van der Waals surface area contributed by atoms with Gasteiger partial charge in [-0.1, -0.05) is 21.1 Å². The Balaban J connectivity index is 0.00000162. The van der Waals surface area contributed by atoms with Crippen molar-refractivity contribution in [3.05, 3.63) is 27.7 Å². The first kappa shape index (κ1) is 15.7. The first-order valence-corrected chi connectivity index (χ1v) is 7.78. The van der Waals surface area contributed by atoms with Crippen molar-refractivity contribution >= 4 is 48.5 Å². The normalized spacial score (nSPS) is 14.7. The maximum absolute atomic E-state index is 11.8. The molecule has 0 saturated carbocycles. The predicted molar refractivity (Wildman–Crippen MR) is 79.4 cm³/mol. The summed E-state index contributed by atoms with van der Waals surface area (Å²) in [5, 5.41) is 3.91. The highest BCUT2D eigenvalue weighted by Gasteiger charge is 2.23. The molecule has 100 valence electrons. The molecule has 0 amide bonds. The van der Waals surface area contributed by atoms with Crippen LogP contribution in [0.5, 0.6) is 0 Å². The average Bonchev–Trinajstić information content (AvgIpc) is 2.73. The first-order valence-electron chi connectivity index (χ1n) is 5.09. The summed E-state index contributed by atoms with van der Waals surface area (Å²) in [5.74, 6) is 0. The van der Waals surface area contributed by atoms with Crippen molar-refractivity contribution in [2.45, 2.75) is 18.2 Å². The third-order valence-electron chi connectivity index (χ3n) is 2.65. The van der Waals surface area contributed by atoms with Crippen LogP contribution in [-0.4, -0.2) is 27.0 Å². The number of halogens is 2. The highest BCUT2D eigenvalue weighted by Crippen LogP contribution is 2.29. The van der Waals surface area contributed by atoms with E-state index >= 15 is 0 Å². The van der Waals surface area contributed by atoms with Gasteiger partial charge >= 0.3 is 0 Å². The fourth-order valence-corrected chi connectivity index (χ4v) is 3.10. The summed E-state index contributed by atoms with van der Waals surface area (Å²) in [6.07, 6.45) is 1.84. The summed E-state index contributed by atoms with van der Waals surface area (Å²) in [5.41, 5.74) is 2.24. The number of sulfone groups is 1. The second kappa shape index (κ2) is 5.71. The van der Waals surface area contributed by atoms with Crippen molar-refractivity contribution in [1.29, 1.82) is 0 Å². The average molecular weight is 399 g/mol. The van der Waals surface area contributed by atoms with Gasteiger partial charge in [-0.05, 0) is 24.6 Å². The second-order valence-corrected chi connectivity index (χ2v) is 6.78. The molecular formula is C11H13Br2NO3S. The van der Waals surface area contributed by atoms with E-state index in [1.54, 1.807) is 12.1 Å². The molecule has 1 aromatic rings. The Bertz CT molecular complexity index is 597. The van der Waals surface area contributed by atoms with Crippen LogP contribution in [0.4, 0.5) is 0 Å². The van der Waals surface area contributed by atoms with Crippen molar-refractivity contribution in [1.82, 2.24) is 0 Å². The zero-order valence-electron chi connectivity index (χ0n) is 9.94. The molecule has 0 aliphatic carbocycles. The van der Waals surface area contributed by atoms with Crippen molar-refractivity contribution in [2.75, 3.05) is 12.9 Å². The van der Waals surface area contributed by atoms with E-state index in [2.05, 4.69) is 21.1 Å². The van der Waals surface area contributed by atoms with E-state index in [9.17, 15) is 8.42 Å². The standard InChI is InChI=1S/C11H12BrNO3S.BrH/c1-7-8(12)3-4-10(17(2,14)15)11(7)9-5-6-16-13-9;/h3-4H,5-6H2,1-2H3;1H. The van der Waals surface area contributed by atoms with Gasteiger partial charge in [0, 0.05) is 22.7 Å². The molecule has 7 heteroatoms. The Morgan fingerprint density at radius 3 is 2.56 bits per heavy atom. The van der Waals surface area contributed by atoms with Gasteiger partial charge in [0.1, 0.15) is 6.61 Å². The lowest BCUT2D eigenvalue weighted by Gasteiger charge is -2.11. The smallest absolute Gasteiger partial charge is 0.176 e. The maximum Gasteiger partial charge on any atom is 0.176 e. The topological polar surface area (TPSA) is 55.7 Å². The van der Waals surface area contributed by atoms with Gasteiger partial charge < -0.3 is 4.84 Å². The SMILES string of the molecule is Br.Cc1c(Br)ccc(S(C)(=O)=O)c1C1=NOCC1. The minimum atomic E-state index is -3.27. The van der Waals surface area contributed by atoms with Crippen LogP contribution in [0.15, 0.2) is 26.7 Å². The van der Waals surface area contributed by atoms with Gasteiger partial charge in [0.25, 0.3) is 0 Å². The van der Waals surface area contributed by atoms with Crippen molar-refractivity contribution in [2.24, 2.45) is 5.16 Å². The van der Waals surface area contributed by atoms with Crippen molar-refractivity contribution in [3.63, 3.8) is 0 Å². The fraction of sp³-hybridized carbons (Fsp3) is 0.364. The van der Waals surface area contributed by atoms with Crippen LogP contribution < -0.4 is 0 Å². The van der Waals surface area contributed by atoms with Gasteiger partial charge in [-0.25, -0.2) is 8.42 Å². The lowest BCUT2D eigenvalue weighted by atomic mass is 10.0. The van der Waals surface area contributed by atoms with Crippen LogP contribution in [0.1, 0.15) is 17.5 Å². The minimum Gasteiger partial charge on any atom is -0.395 e. The van der Waals surface area contributed by atoms with Crippen LogP contribution in [0.25, 0.3) is 0 Å². The van der Waals surface area contributed by atoms with E-state index < -0.39 is 9.84 Å². The van der Waals surface area contributed by atoms with E-state index in [0.29, 0.717) is 29.2 Å². The molecule has 1 aliphatic rings. The molecule has 0 unspecified atom stereocenters. The quantitative estimate of drug-likeness (QED) is 0.769. The van der Waals surface area contributed by atoms with E-state index in [1.165, 1.54) is 6.26 Å². The molecule has 2 rings (SSSR count). The third kappa shape index (κ3) is 2.95. The summed E-state index contributed by atoms with van der Waals surface area (Å²) in [7, 11) is -3.27. The lowest BCUT2D eigenvalue weighted by Crippen LogP contribution is -2.10. The largest absolute Gasteiger partial charge is 0.395 e. The Morgan fingerprint density at radius 1 is 1.39 bits per heavy atom. The zero-order valence-corrected chi connectivity index (χ0v) is 14.1. The van der Waals surface area contributed by atoms with Gasteiger partial charge in [-0.3, -0.25) is 0 Å². The Hall–Kier alpha value is -0.400. The highest BCUT2D eigenvalue weighted by atomic mass is 79.9. The molecule has 4 nitrogen and oxygen atoms in total. The molecule has 1 aliphatic heterocycles. The molecule has 1 heterocycles. The van der Waals surface area contributed by atoms with Gasteiger partial charge in [0.2, 0.25) is 0 Å². The molecule has 0 aromatic heterocycles. The molecular weight excluding hydrogens is 386 g/mol. The monoisotopic (exact) mass is 397 g/mol. The van der Waals surface area contributed by atoms with Gasteiger partial charge in [-0.15, -0.1) is 17.0 Å². The first-order chi connectivity index (χ1) is 7.91. The summed E-state index contributed by atoms with van der Waals surface area (Å²) >= 11 is 3.40. The molecule has 0 radical (unpaired) electrons. The van der Waals surface area contributed by atoms with Crippen LogP contribution in [0, 0.1) is 6.92 Å². The van der Waals surface area contributed by atoms with Crippen molar-refractivity contribution < 1.29 is 13.3 Å². The molecule has 0 N–H and O–H groups in total. The van der Waals surface area contributed by atoms with Crippen LogP contribution in [0.3, 0.4) is 0 Å². The van der Waals surface area contributed by atoms with Crippen molar-refractivity contribution in [3.8, 4) is 0 Å². The van der Waals surface area contributed by atoms with Crippen LogP contribution in [-0.2, 0) is 14.7 Å². The molecule has 0 spiro atoms. The van der Waals surface area contributed by atoms with E-state index in [1.807, 2.05) is 6.92 Å². The van der Waals surface area contributed by atoms with E-state index in [-0.39, 0.29) is 17.0 Å². The number of rotatable bonds is 2. The van der Waals surface area contributed by atoms with Gasteiger partial charge in [0.05, 0.1) is 10.6 Å². The summed E-state index contributed by atoms with van der Waals surface area (Å²) < 4.78 is 24.4. The molecule has 0 atom stereocenters. The number of hydrogen-bond acceptors (Lipinski definition) is 4. The lowest BCUT2D eigenvalue weighted by molar-refractivity contribution is 0.174.